The molecule has 19 heavy (non-hydrogen) atoms. The molecular weight excluding hydrogens is 240 g/mol. The summed E-state index contributed by atoms with van der Waals surface area (Å²) in [5, 5.41) is 0. The Hall–Kier alpha value is -1.90. The Kier molecular flexibility index (Phi) is 5.04. The van der Waals surface area contributed by atoms with Gasteiger partial charge >= 0.3 is 5.97 Å². The van der Waals surface area contributed by atoms with Crippen LogP contribution in [0.25, 0.3) is 6.08 Å². The molecule has 1 rings (SSSR count). The summed E-state index contributed by atoms with van der Waals surface area (Å²) < 4.78 is 4.62. The van der Waals surface area contributed by atoms with E-state index in [1.807, 2.05) is 24.3 Å². The standard InChI is InChI=1S/C16H20O3/c1-5-19-15(18)14(17)11-8-12-6-9-13(10-7-12)16(2,3)4/h6-11H,5H2,1-4H3/b11-8+. The third-order valence-electron chi connectivity index (χ3n) is 2.68. The van der Waals surface area contributed by atoms with Gasteiger partial charge in [0.05, 0.1) is 6.61 Å². The highest BCUT2D eigenvalue weighted by Crippen LogP contribution is 2.22. The van der Waals surface area contributed by atoms with Gasteiger partial charge in [0.15, 0.2) is 0 Å². The van der Waals surface area contributed by atoms with E-state index in [1.54, 1.807) is 13.0 Å². The second kappa shape index (κ2) is 6.32. The predicted octanol–water partition coefficient (Wildman–Crippen LogP) is 3.13. The van der Waals surface area contributed by atoms with Gasteiger partial charge in [-0.05, 0) is 29.5 Å². The van der Waals surface area contributed by atoms with E-state index in [-0.39, 0.29) is 12.0 Å². The minimum Gasteiger partial charge on any atom is -0.460 e. The SMILES string of the molecule is CCOC(=O)C(=O)/C=C/c1ccc(C(C)(C)C)cc1. The minimum atomic E-state index is -0.815. The Bertz CT molecular complexity index is 476. The Morgan fingerprint density at radius 2 is 1.74 bits per heavy atom. The van der Waals surface area contributed by atoms with Crippen molar-refractivity contribution < 1.29 is 14.3 Å². The first-order chi connectivity index (χ1) is 8.84. The highest BCUT2D eigenvalue weighted by Gasteiger charge is 2.13. The zero-order chi connectivity index (χ0) is 14.5. The van der Waals surface area contributed by atoms with Gasteiger partial charge in [-0.1, -0.05) is 51.1 Å². The second-order valence-corrected chi connectivity index (χ2v) is 5.29. The summed E-state index contributed by atoms with van der Waals surface area (Å²) in [6, 6.07) is 7.90. The van der Waals surface area contributed by atoms with E-state index in [4.69, 9.17) is 0 Å². The number of esters is 1. The molecule has 0 aliphatic rings. The molecule has 0 heterocycles. The lowest BCUT2D eigenvalue weighted by molar-refractivity contribution is -0.151. The van der Waals surface area contributed by atoms with E-state index in [0.29, 0.717) is 0 Å². The molecule has 3 heteroatoms. The number of ether oxygens (including phenoxy) is 1. The lowest BCUT2D eigenvalue weighted by Crippen LogP contribution is -2.14. The topological polar surface area (TPSA) is 43.4 Å². The molecule has 0 radical (unpaired) electrons. The van der Waals surface area contributed by atoms with Crippen molar-refractivity contribution in [1.82, 2.24) is 0 Å². The van der Waals surface area contributed by atoms with Gasteiger partial charge in [0.1, 0.15) is 0 Å². The molecule has 0 saturated carbocycles. The maximum Gasteiger partial charge on any atom is 0.379 e. The molecule has 0 fully saturated rings. The van der Waals surface area contributed by atoms with Gasteiger partial charge in [-0.25, -0.2) is 4.79 Å². The van der Waals surface area contributed by atoms with Gasteiger partial charge in [-0.2, -0.15) is 0 Å². The zero-order valence-corrected chi connectivity index (χ0v) is 11.9. The fourth-order valence-corrected chi connectivity index (χ4v) is 1.54. The molecule has 0 atom stereocenters. The highest BCUT2D eigenvalue weighted by atomic mass is 16.5. The van der Waals surface area contributed by atoms with Crippen molar-refractivity contribution in [2.45, 2.75) is 33.1 Å². The quantitative estimate of drug-likeness (QED) is 0.474. The highest BCUT2D eigenvalue weighted by molar-refractivity contribution is 6.39. The van der Waals surface area contributed by atoms with Crippen LogP contribution in [-0.2, 0) is 19.7 Å². The maximum absolute atomic E-state index is 11.4. The van der Waals surface area contributed by atoms with E-state index in [2.05, 4.69) is 25.5 Å². The average Bonchev–Trinajstić information content (AvgIpc) is 2.35. The van der Waals surface area contributed by atoms with Gasteiger partial charge < -0.3 is 4.74 Å². The fraction of sp³-hybridized carbons (Fsp3) is 0.375. The molecule has 3 nitrogen and oxygen atoms in total. The minimum absolute atomic E-state index is 0.100. The average molecular weight is 260 g/mol. The van der Waals surface area contributed by atoms with Gasteiger partial charge in [0.2, 0.25) is 0 Å². The van der Waals surface area contributed by atoms with E-state index in [0.717, 1.165) is 5.56 Å². The van der Waals surface area contributed by atoms with Gasteiger partial charge in [0.25, 0.3) is 5.78 Å². The lowest BCUT2D eigenvalue weighted by atomic mass is 9.87. The number of carbonyl (C=O) groups excluding carboxylic acids is 2. The Balaban J connectivity index is 2.73. The molecule has 1 aromatic rings. The first-order valence-corrected chi connectivity index (χ1v) is 6.34. The van der Waals surface area contributed by atoms with Crippen LogP contribution < -0.4 is 0 Å². The number of hydrogen-bond acceptors (Lipinski definition) is 3. The fourth-order valence-electron chi connectivity index (χ4n) is 1.54. The third kappa shape index (κ3) is 4.70. The number of ketones is 1. The van der Waals surface area contributed by atoms with Crippen molar-refractivity contribution in [2.24, 2.45) is 0 Å². The van der Waals surface area contributed by atoms with Gasteiger partial charge in [-0.15, -0.1) is 0 Å². The van der Waals surface area contributed by atoms with Crippen LogP contribution in [0.1, 0.15) is 38.8 Å². The molecule has 0 aliphatic carbocycles. The molecule has 0 spiro atoms. The summed E-state index contributed by atoms with van der Waals surface area (Å²) in [5.41, 5.74) is 2.20. The largest absolute Gasteiger partial charge is 0.460 e. The monoisotopic (exact) mass is 260 g/mol. The summed E-state index contributed by atoms with van der Waals surface area (Å²) in [6.45, 7) is 8.30. The summed E-state index contributed by atoms with van der Waals surface area (Å²) in [4.78, 5) is 22.5. The summed E-state index contributed by atoms with van der Waals surface area (Å²) in [6.07, 6.45) is 2.86. The summed E-state index contributed by atoms with van der Waals surface area (Å²) in [7, 11) is 0. The van der Waals surface area contributed by atoms with Crippen molar-refractivity contribution in [3.8, 4) is 0 Å². The Morgan fingerprint density at radius 3 is 2.21 bits per heavy atom. The van der Waals surface area contributed by atoms with Crippen molar-refractivity contribution >= 4 is 17.8 Å². The predicted molar refractivity (Wildman–Crippen MR) is 75.8 cm³/mol. The smallest absolute Gasteiger partial charge is 0.379 e. The van der Waals surface area contributed by atoms with Crippen molar-refractivity contribution in [2.75, 3.05) is 6.61 Å². The normalized spacial score (nSPS) is 11.6. The number of rotatable bonds is 4. The molecule has 0 unspecified atom stereocenters. The van der Waals surface area contributed by atoms with Gasteiger partial charge in [0, 0.05) is 0 Å². The van der Waals surface area contributed by atoms with Crippen LogP contribution in [0.2, 0.25) is 0 Å². The number of hydrogen-bond donors (Lipinski definition) is 0. The molecule has 0 N–H and O–H groups in total. The van der Waals surface area contributed by atoms with Crippen molar-refractivity contribution in [3.63, 3.8) is 0 Å². The first kappa shape index (κ1) is 15.2. The second-order valence-electron chi connectivity index (χ2n) is 5.29. The van der Waals surface area contributed by atoms with E-state index < -0.39 is 11.8 Å². The molecule has 0 saturated heterocycles. The summed E-state index contributed by atoms with van der Waals surface area (Å²) in [5.74, 6) is -1.45. The molecule has 1 aromatic carbocycles. The molecule has 0 aliphatic heterocycles. The van der Waals surface area contributed by atoms with E-state index in [9.17, 15) is 9.59 Å². The van der Waals surface area contributed by atoms with Crippen LogP contribution in [0.15, 0.2) is 30.3 Å². The van der Waals surface area contributed by atoms with Crippen LogP contribution in [0.4, 0.5) is 0 Å². The third-order valence-corrected chi connectivity index (χ3v) is 2.68. The number of carbonyl (C=O) groups is 2. The van der Waals surface area contributed by atoms with Crippen molar-refractivity contribution in [1.29, 1.82) is 0 Å². The lowest BCUT2D eigenvalue weighted by Gasteiger charge is -2.18. The van der Waals surface area contributed by atoms with Crippen LogP contribution in [0.5, 0.6) is 0 Å². The van der Waals surface area contributed by atoms with Crippen molar-refractivity contribution in [3.05, 3.63) is 41.5 Å². The maximum atomic E-state index is 11.4. The molecule has 0 aromatic heterocycles. The van der Waals surface area contributed by atoms with Crippen LogP contribution in [0, 0.1) is 0 Å². The summed E-state index contributed by atoms with van der Waals surface area (Å²) >= 11 is 0. The van der Waals surface area contributed by atoms with Crippen LogP contribution in [0.3, 0.4) is 0 Å². The molecule has 0 bridgehead atoms. The molecular formula is C16H20O3. The molecule has 0 amide bonds. The van der Waals surface area contributed by atoms with E-state index in [1.165, 1.54) is 11.6 Å². The number of benzene rings is 1. The first-order valence-electron chi connectivity index (χ1n) is 6.34. The van der Waals surface area contributed by atoms with E-state index >= 15 is 0 Å². The Morgan fingerprint density at radius 1 is 1.16 bits per heavy atom. The van der Waals surface area contributed by atoms with Crippen LogP contribution in [-0.4, -0.2) is 18.4 Å². The molecule has 102 valence electrons. The Labute approximate surface area is 114 Å². The van der Waals surface area contributed by atoms with Gasteiger partial charge in [-0.3, -0.25) is 4.79 Å². The van der Waals surface area contributed by atoms with Crippen LogP contribution >= 0.6 is 0 Å². The zero-order valence-electron chi connectivity index (χ0n) is 11.9.